The zero-order valence-corrected chi connectivity index (χ0v) is 8.23. The number of H-pyrrole nitrogens is 1. The Balaban J connectivity index is 2.33. The van der Waals surface area contributed by atoms with Crippen molar-refractivity contribution >= 4 is 29.5 Å². The fraction of sp³-hybridized carbons (Fsp3) is 0.167. The third kappa shape index (κ3) is 1.61. The highest BCUT2D eigenvalue weighted by Crippen LogP contribution is 2.10. The molecule has 2 rings (SSSR count). The highest BCUT2D eigenvalue weighted by Gasteiger charge is 2.03. The van der Waals surface area contributed by atoms with Crippen LogP contribution < -0.4 is 5.73 Å². The van der Waals surface area contributed by atoms with E-state index in [2.05, 4.69) is 15.2 Å². The SMILES string of the molecule is Nc1n[nH]c(=S)n1Cc1cncs1. The normalized spacial score (nSPS) is 10.5. The summed E-state index contributed by atoms with van der Waals surface area (Å²) in [4.78, 5) is 5.06. The minimum atomic E-state index is 0.401. The van der Waals surface area contributed by atoms with Crippen LogP contribution >= 0.6 is 23.6 Å². The molecule has 0 amide bonds. The van der Waals surface area contributed by atoms with Crippen LogP contribution in [-0.2, 0) is 6.54 Å². The summed E-state index contributed by atoms with van der Waals surface area (Å²) in [6.45, 7) is 0.631. The van der Waals surface area contributed by atoms with E-state index in [4.69, 9.17) is 18.0 Å². The lowest BCUT2D eigenvalue weighted by molar-refractivity contribution is 0.804. The maximum Gasteiger partial charge on any atom is 0.220 e. The fourth-order valence-electron chi connectivity index (χ4n) is 0.959. The van der Waals surface area contributed by atoms with Gasteiger partial charge in [0.1, 0.15) is 0 Å². The first-order chi connectivity index (χ1) is 6.27. The molecule has 0 aliphatic rings. The second-order valence-electron chi connectivity index (χ2n) is 2.44. The highest BCUT2D eigenvalue weighted by molar-refractivity contribution is 7.71. The molecule has 7 heteroatoms. The summed E-state index contributed by atoms with van der Waals surface area (Å²) < 4.78 is 2.26. The van der Waals surface area contributed by atoms with Gasteiger partial charge >= 0.3 is 0 Å². The number of aromatic nitrogens is 4. The second kappa shape index (κ2) is 3.27. The van der Waals surface area contributed by atoms with Gasteiger partial charge in [-0.25, -0.2) is 5.10 Å². The van der Waals surface area contributed by atoms with Gasteiger partial charge in [0.05, 0.1) is 12.1 Å². The lowest BCUT2D eigenvalue weighted by atomic mass is 10.5. The van der Waals surface area contributed by atoms with Crippen LogP contribution in [0.1, 0.15) is 4.88 Å². The number of anilines is 1. The Morgan fingerprint density at radius 2 is 2.54 bits per heavy atom. The highest BCUT2D eigenvalue weighted by atomic mass is 32.1. The van der Waals surface area contributed by atoms with Crippen molar-refractivity contribution in [3.63, 3.8) is 0 Å². The molecule has 0 aliphatic carbocycles. The molecular formula is C6H7N5S2. The molecule has 0 bridgehead atoms. The molecule has 0 aromatic carbocycles. The summed E-state index contributed by atoms with van der Waals surface area (Å²) in [5, 5.41) is 6.43. The van der Waals surface area contributed by atoms with E-state index in [-0.39, 0.29) is 0 Å². The number of hydrogen-bond donors (Lipinski definition) is 2. The van der Waals surface area contributed by atoms with Crippen LogP contribution in [0.15, 0.2) is 11.7 Å². The Labute approximate surface area is 83.2 Å². The summed E-state index contributed by atoms with van der Waals surface area (Å²) >= 11 is 6.56. The Morgan fingerprint density at radius 3 is 3.08 bits per heavy atom. The molecule has 5 nitrogen and oxygen atoms in total. The monoisotopic (exact) mass is 213 g/mol. The Morgan fingerprint density at radius 1 is 1.69 bits per heavy atom. The van der Waals surface area contributed by atoms with E-state index >= 15 is 0 Å². The number of nitrogen functional groups attached to an aromatic ring is 1. The first-order valence-electron chi connectivity index (χ1n) is 3.55. The Kier molecular flexibility index (Phi) is 2.11. The van der Waals surface area contributed by atoms with Gasteiger partial charge in [0.25, 0.3) is 0 Å². The number of rotatable bonds is 2. The predicted octanol–water partition coefficient (Wildman–Crippen LogP) is 1.03. The fourth-order valence-corrected chi connectivity index (χ4v) is 1.74. The lowest BCUT2D eigenvalue weighted by Gasteiger charge is -1.98. The quantitative estimate of drug-likeness (QED) is 0.731. The van der Waals surface area contributed by atoms with Crippen LogP contribution in [0.2, 0.25) is 0 Å². The number of nitrogens with two attached hydrogens (primary N) is 1. The molecule has 0 radical (unpaired) electrons. The van der Waals surface area contributed by atoms with Gasteiger partial charge in [0, 0.05) is 11.1 Å². The van der Waals surface area contributed by atoms with E-state index < -0.39 is 0 Å². The van der Waals surface area contributed by atoms with Gasteiger partial charge in [-0.15, -0.1) is 16.4 Å². The molecule has 0 saturated carbocycles. The lowest BCUT2D eigenvalue weighted by Crippen LogP contribution is -2.03. The number of thiazole rings is 1. The van der Waals surface area contributed by atoms with E-state index in [9.17, 15) is 0 Å². The van der Waals surface area contributed by atoms with Gasteiger partial charge < -0.3 is 5.73 Å². The summed E-state index contributed by atoms with van der Waals surface area (Å²) in [6, 6.07) is 0. The molecule has 2 aromatic rings. The molecule has 2 aromatic heterocycles. The number of hydrogen-bond acceptors (Lipinski definition) is 5. The third-order valence-corrected chi connectivity index (χ3v) is 2.66. The number of nitrogens with one attached hydrogen (secondary N) is 1. The van der Waals surface area contributed by atoms with E-state index in [1.54, 1.807) is 27.6 Å². The maximum absolute atomic E-state index is 5.60. The van der Waals surface area contributed by atoms with Gasteiger partial charge in [-0.05, 0) is 12.2 Å². The van der Waals surface area contributed by atoms with Crippen LogP contribution in [0.3, 0.4) is 0 Å². The minimum absolute atomic E-state index is 0.401. The molecule has 0 spiro atoms. The molecule has 0 atom stereocenters. The zero-order chi connectivity index (χ0) is 9.26. The van der Waals surface area contributed by atoms with Crippen LogP contribution in [0, 0.1) is 4.77 Å². The standard InChI is InChI=1S/C6H7N5S2/c7-5-9-10-6(12)11(5)2-4-1-8-3-13-4/h1,3H,2H2,(H2,7,9)(H,10,12). The molecule has 2 heterocycles. The molecule has 0 unspecified atom stereocenters. The van der Waals surface area contributed by atoms with Gasteiger partial charge in [-0.2, -0.15) is 0 Å². The first kappa shape index (κ1) is 8.39. The van der Waals surface area contributed by atoms with E-state index in [1.807, 2.05) is 0 Å². The maximum atomic E-state index is 5.60. The van der Waals surface area contributed by atoms with Crippen molar-refractivity contribution in [3.8, 4) is 0 Å². The van der Waals surface area contributed by atoms with Crippen molar-refractivity contribution in [1.82, 2.24) is 19.7 Å². The van der Waals surface area contributed by atoms with E-state index in [0.717, 1.165) is 4.88 Å². The van der Waals surface area contributed by atoms with E-state index in [1.165, 1.54) is 0 Å². The average molecular weight is 213 g/mol. The predicted molar refractivity (Wildman–Crippen MR) is 53.0 cm³/mol. The van der Waals surface area contributed by atoms with Crippen LogP contribution in [0.5, 0.6) is 0 Å². The van der Waals surface area contributed by atoms with Crippen LogP contribution in [0.4, 0.5) is 5.95 Å². The van der Waals surface area contributed by atoms with Crippen molar-refractivity contribution in [2.75, 3.05) is 5.73 Å². The largest absolute Gasteiger partial charge is 0.368 e. The van der Waals surface area contributed by atoms with Crippen LogP contribution in [-0.4, -0.2) is 19.7 Å². The summed E-state index contributed by atoms with van der Waals surface area (Å²) in [7, 11) is 0. The molecule has 13 heavy (non-hydrogen) atoms. The minimum Gasteiger partial charge on any atom is -0.368 e. The van der Waals surface area contributed by atoms with Gasteiger partial charge in [0.2, 0.25) is 5.95 Å². The third-order valence-electron chi connectivity index (χ3n) is 1.59. The number of aromatic amines is 1. The first-order valence-corrected chi connectivity index (χ1v) is 4.84. The average Bonchev–Trinajstić information content (AvgIpc) is 2.70. The summed E-state index contributed by atoms with van der Waals surface area (Å²) in [5.41, 5.74) is 7.37. The van der Waals surface area contributed by atoms with Crippen molar-refractivity contribution in [1.29, 1.82) is 0 Å². The molecule has 0 fully saturated rings. The van der Waals surface area contributed by atoms with Crippen molar-refractivity contribution in [2.45, 2.75) is 6.54 Å². The van der Waals surface area contributed by atoms with Gasteiger partial charge in [-0.3, -0.25) is 9.55 Å². The molecule has 3 N–H and O–H groups in total. The summed E-state index contributed by atoms with van der Waals surface area (Å²) in [6.07, 6.45) is 1.79. The van der Waals surface area contributed by atoms with Crippen molar-refractivity contribution in [3.05, 3.63) is 21.4 Å². The van der Waals surface area contributed by atoms with Gasteiger partial charge in [0.15, 0.2) is 4.77 Å². The molecular weight excluding hydrogens is 206 g/mol. The molecule has 0 saturated heterocycles. The Hall–Kier alpha value is -1.21. The Bertz CT molecular complexity index is 440. The van der Waals surface area contributed by atoms with Gasteiger partial charge in [-0.1, -0.05) is 0 Å². The second-order valence-corrected chi connectivity index (χ2v) is 3.80. The summed E-state index contributed by atoms with van der Waals surface area (Å²) in [5.74, 6) is 0.401. The smallest absolute Gasteiger partial charge is 0.220 e. The zero-order valence-electron chi connectivity index (χ0n) is 6.60. The van der Waals surface area contributed by atoms with Crippen molar-refractivity contribution < 1.29 is 0 Å². The van der Waals surface area contributed by atoms with E-state index in [0.29, 0.717) is 17.3 Å². The van der Waals surface area contributed by atoms with Crippen molar-refractivity contribution in [2.24, 2.45) is 0 Å². The topological polar surface area (TPSA) is 72.5 Å². The molecule has 68 valence electrons. The molecule has 0 aliphatic heterocycles. The van der Waals surface area contributed by atoms with Crippen LogP contribution in [0.25, 0.3) is 0 Å². The number of nitrogens with zero attached hydrogens (tertiary/aromatic N) is 3.